The molecule has 1 atom stereocenters. The van der Waals surface area contributed by atoms with E-state index in [2.05, 4.69) is 31.0 Å². The number of hydrogen-bond acceptors (Lipinski definition) is 3. The van der Waals surface area contributed by atoms with E-state index in [-0.39, 0.29) is 5.54 Å². The van der Waals surface area contributed by atoms with Gasteiger partial charge in [-0.05, 0) is 59.5 Å². The van der Waals surface area contributed by atoms with E-state index in [1.807, 2.05) is 0 Å². The van der Waals surface area contributed by atoms with Gasteiger partial charge in [-0.25, -0.2) is 0 Å². The van der Waals surface area contributed by atoms with Crippen LogP contribution in [0.3, 0.4) is 0 Å². The molecule has 1 rings (SSSR count). The highest BCUT2D eigenvalue weighted by atomic mass is 16.5. The predicted molar refractivity (Wildman–Crippen MR) is 78.1 cm³/mol. The quantitative estimate of drug-likeness (QED) is 0.709. The second-order valence-corrected chi connectivity index (χ2v) is 6.52. The first-order chi connectivity index (χ1) is 8.53. The summed E-state index contributed by atoms with van der Waals surface area (Å²) in [6.07, 6.45) is 6.57. The van der Waals surface area contributed by atoms with Gasteiger partial charge in [0.2, 0.25) is 0 Å². The van der Waals surface area contributed by atoms with Crippen LogP contribution < -0.4 is 5.32 Å². The van der Waals surface area contributed by atoms with Crippen LogP contribution in [-0.4, -0.2) is 49.8 Å². The summed E-state index contributed by atoms with van der Waals surface area (Å²) in [5.74, 6) is 0. The monoisotopic (exact) mass is 256 g/mol. The van der Waals surface area contributed by atoms with Crippen molar-refractivity contribution in [3.05, 3.63) is 0 Å². The molecule has 1 aliphatic heterocycles. The third-order valence-corrected chi connectivity index (χ3v) is 3.66. The lowest BCUT2D eigenvalue weighted by Crippen LogP contribution is -2.49. The molecule has 0 aromatic rings. The molecule has 1 heterocycles. The third-order valence-electron chi connectivity index (χ3n) is 3.66. The first kappa shape index (κ1) is 15.9. The molecule has 3 heteroatoms. The number of nitrogens with zero attached hydrogens (tertiary/aromatic N) is 1. The van der Waals surface area contributed by atoms with E-state index in [4.69, 9.17) is 4.74 Å². The van der Waals surface area contributed by atoms with Crippen LogP contribution in [0.5, 0.6) is 0 Å². The van der Waals surface area contributed by atoms with Crippen LogP contribution in [-0.2, 0) is 4.74 Å². The van der Waals surface area contributed by atoms with Crippen molar-refractivity contribution >= 4 is 0 Å². The summed E-state index contributed by atoms with van der Waals surface area (Å²) in [6, 6.07) is 0.737. The maximum Gasteiger partial charge on any atom is 0.0462 e. The Morgan fingerprint density at radius 3 is 2.67 bits per heavy atom. The summed E-state index contributed by atoms with van der Waals surface area (Å²) in [7, 11) is 1.79. The zero-order valence-corrected chi connectivity index (χ0v) is 12.8. The van der Waals surface area contributed by atoms with Crippen molar-refractivity contribution in [2.45, 2.75) is 64.5 Å². The lowest BCUT2D eigenvalue weighted by atomic mass is 10.00. The SMILES string of the molecule is COCCCCN1CCCCC1CNC(C)(C)C. The van der Waals surface area contributed by atoms with E-state index in [0.29, 0.717) is 0 Å². The third kappa shape index (κ3) is 6.72. The molecule has 0 saturated carbocycles. The number of unbranched alkanes of at least 4 members (excludes halogenated alkanes) is 1. The topological polar surface area (TPSA) is 24.5 Å². The van der Waals surface area contributed by atoms with Crippen molar-refractivity contribution in [3.8, 4) is 0 Å². The van der Waals surface area contributed by atoms with E-state index in [0.717, 1.165) is 19.2 Å². The summed E-state index contributed by atoms with van der Waals surface area (Å²) >= 11 is 0. The summed E-state index contributed by atoms with van der Waals surface area (Å²) < 4.78 is 5.12. The number of likely N-dealkylation sites (tertiary alicyclic amines) is 1. The molecule has 0 amide bonds. The van der Waals surface area contributed by atoms with Gasteiger partial charge in [0.05, 0.1) is 0 Å². The molecular weight excluding hydrogens is 224 g/mol. The largest absolute Gasteiger partial charge is 0.385 e. The van der Waals surface area contributed by atoms with Gasteiger partial charge in [-0.2, -0.15) is 0 Å². The van der Waals surface area contributed by atoms with Gasteiger partial charge in [0.25, 0.3) is 0 Å². The number of piperidine rings is 1. The lowest BCUT2D eigenvalue weighted by molar-refractivity contribution is 0.128. The van der Waals surface area contributed by atoms with Gasteiger partial charge in [0.1, 0.15) is 0 Å². The first-order valence-corrected chi connectivity index (χ1v) is 7.51. The van der Waals surface area contributed by atoms with E-state index in [9.17, 15) is 0 Å². The molecule has 1 unspecified atom stereocenters. The van der Waals surface area contributed by atoms with Gasteiger partial charge in [0.15, 0.2) is 0 Å². The normalized spacial score (nSPS) is 22.3. The molecule has 0 aliphatic carbocycles. The summed E-state index contributed by atoms with van der Waals surface area (Å²) in [4.78, 5) is 2.68. The summed E-state index contributed by atoms with van der Waals surface area (Å²) in [6.45, 7) is 11.3. The predicted octanol–water partition coefficient (Wildman–Crippen LogP) is 2.66. The van der Waals surface area contributed by atoms with Crippen molar-refractivity contribution in [3.63, 3.8) is 0 Å². The minimum absolute atomic E-state index is 0.235. The van der Waals surface area contributed by atoms with Gasteiger partial charge in [0, 0.05) is 31.8 Å². The minimum Gasteiger partial charge on any atom is -0.385 e. The zero-order chi connectivity index (χ0) is 13.4. The smallest absolute Gasteiger partial charge is 0.0462 e. The minimum atomic E-state index is 0.235. The van der Waals surface area contributed by atoms with Crippen LogP contribution in [0.1, 0.15) is 52.9 Å². The second-order valence-electron chi connectivity index (χ2n) is 6.52. The Kier molecular flexibility index (Phi) is 7.20. The molecule has 108 valence electrons. The van der Waals surface area contributed by atoms with Crippen molar-refractivity contribution < 1.29 is 4.74 Å². The highest BCUT2D eigenvalue weighted by molar-refractivity contribution is 4.82. The van der Waals surface area contributed by atoms with Gasteiger partial charge in [-0.1, -0.05) is 6.42 Å². The van der Waals surface area contributed by atoms with Gasteiger partial charge in [-0.3, -0.25) is 4.90 Å². The number of rotatable bonds is 7. The Morgan fingerprint density at radius 2 is 2.00 bits per heavy atom. The molecule has 1 fully saturated rings. The Labute approximate surface area is 113 Å². The molecule has 0 aromatic carbocycles. The molecule has 0 bridgehead atoms. The van der Waals surface area contributed by atoms with Gasteiger partial charge >= 0.3 is 0 Å². The Balaban J connectivity index is 2.28. The number of ether oxygens (including phenoxy) is 1. The fourth-order valence-electron chi connectivity index (χ4n) is 2.57. The fourth-order valence-corrected chi connectivity index (χ4v) is 2.57. The maximum absolute atomic E-state index is 5.12. The molecule has 0 spiro atoms. The highest BCUT2D eigenvalue weighted by Crippen LogP contribution is 2.17. The van der Waals surface area contributed by atoms with Crippen molar-refractivity contribution in [2.75, 3.05) is 33.4 Å². The van der Waals surface area contributed by atoms with Crippen molar-refractivity contribution in [1.82, 2.24) is 10.2 Å². The lowest BCUT2D eigenvalue weighted by Gasteiger charge is -2.37. The van der Waals surface area contributed by atoms with Gasteiger partial charge in [-0.15, -0.1) is 0 Å². The summed E-state index contributed by atoms with van der Waals surface area (Å²) in [5, 5.41) is 3.66. The number of nitrogens with one attached hydrogen (secondary N) is 1. The van der Waals surface area contributed by atoms with E-state index < -0.39 is 0 Å². The maximum atomic E-state index is 5.12. The average Bonchev–Trinajstić information content (AvgIpc) is 2.32. The Hall–Kier alpha value is -0.120. The van der Waals surface area contributed by atoms with Crippen LogP contribution in [0.15, 0.2) is 0 Å². The molecule has 3 nitrogen and oxygen atoms in total. The van der Waals surface area contributed by atoms with Crippen LogP contribution in [0, 0.1) is 0 Å². The van der Waals surface area contributed by atoms with Crippen LogP contribution >= 0.6 is 0 Å². The number of hydrogen-bond donors (Lipinski definition) is 1. The first-order valence-electron chi connectivity index (χ1n) is 7.51. The van der Waals surface area contributed by atoms with Crippen LogP contribution in [0.2, 0.25) is 0 Å². The van der Waals surface area contributed by atoms with E-state index in [1.165, 1.54) is 45.2 Å². The zero-order valence-electron chi connectivity index (χ0n) is 12.8. The molecular formula is C15H32N2O. The Bertz CT molecular complexity index is 213. The average molecular weight is 256 g/mol. The van der Waals surface area contributed by atoms with Crippen LogP contribution in [0.25, 0.3) is 0 Å². The molecule has 18 heavy (non-hydrogen) atoms. The molecule has 1 saturated heterocycles. The Morgan fingerprint density at radius 1 is 1.22 bits per heavy atom. The molecule has 0 radical (unpaired) electrons. The van der Waals surface area contributed by atoms with Crippen LogP contribution in [0.4, 0.5) is 0 Å². The van der Waals surface area contributed by atoms with E-state index in [1.54, 1.807) is 7.11 Å². The molecule has 1 aliphatic rings. The molecule has 1 N–H and O–H groups in total. The highest BCUT2D eigenvalue weighted by Gasteiger charge is 2.23. The van der Waals surface area contributed by atoms with Crippen molar-refractivity contribution in [1.29, 1.82) is 0 Å². The molecule has 0 aromatic heterocycles. The number of methoxy groups -OCH3 is 1. The standard InChI is InChI=1S/C15H32N2O/c1-15(2,3)16-13-14-9-5-6-10-17(14)11-7-8-12-18-4/h14,16H,5-13H2,1-4H3. The summed E-state index contributed by atoms with van der Waals surface area (Å²) in [5.41, 5.74) is 0.235. The fraction of sp³-hybridized carbons (Fsp3) is 1.00. The van der Waals surface area contributed by atoms with Gasteiger partial charge < -0.3 is 10.1 Å². The second kappa shape index (κ2) is 8.13. The van der Waals surface area contributed by atoms with E-state index >= 15 is 0 Å². The van der Waals surface area contributed by atoms with Crippen molar-refractivity contribution in [2.24, 2.45) is 0 Å².